The number of halogens is 1. The molecule has 0 saturated carbocycles. The van der Waals surface area contributed by atoms with Crippen molar-refractivity contribution < 1.29 is 4.79 Å². The first-order valence-corrected chi connectivity index (χ1v) is 6.14. The van der Waals surface area contributed by atoms with E-state index in [9.17, 15) is 4.79 Å². The van der Waals surface area contributed by atoms with E-state index in [0.717, 1.165) is 15.7 Å². The SMILES string of the molecule is Cc1cc(Br)ccc1NC(=O)c1ccnc(N)c1. The van der Waals surface area contributed by atoms with Crippen LogP contribution >= 0.6 is 15.9 Å². The Morgan fingerprint density at radius 1 is 1.33 bits per heavy atom. The van der Waals surface area contributed by atoms with E-state index in [1.165, 1.54) is 6.20 Å². The van der Waals surface area contributed by atoms with Crippen LogP contribution in [0.25, 0.3) is 0 Å². The summed E-state index contributed by atoms with van der Waals surface area (Å²) in [4.78, 5) is 15.8. The number of benzene rings is 1. The molecule has 0 unspecified atom stereocenters. The summed E-state index contributed by atoms with van der Waals surface area (Å²) in [5.41, 5.74) is 7.80. The standard InChI is InChI=1S/C13H12BrN3O/c1-8-6-10(14)2-3-11(8)17-13(18)9-4-5-16-12(15)7-9/h2-7H,1H3,(H2,15,16)(H,17,18). The summed E-state index contributed by atoms with van der Waals surface area (Å²) in [6.45, 7) is 1.93. The Balaban J connectivity index is 2.21. The van der Waals surface area contributed by atoms with Gasteiger partial charge in [0, 0.05) is 21.9 Å². The summed E-state index contributed by atoms with van der Waals surface area (Å²) in [7, 11) is 0. The van der Waals surface area contributed by atoms with Crippen molar-refractivity contribution in [3.63, 3.8) is 0 Å². The molecule has 3 N–H and O–H groups in total. The number of nitrogens with two attached hydrogens (primary N) is 1. The van der Waals surface area contributed by atoms with Gasteiger partial charge in [-0.3, -0.25) is 4.79 Å². The molecular weight excluding hydrogens is 294 g/mol. The topological polar surface area (TPSA) is 68.0 Å². The van der Waals surface area contributed by atoms with Crippen molar-refractivity contribution in [3.8, 4) is 0 Å². The highest BCUT2D eigenvalue weighted by Gasteiger charge is 2.08. The van der Waals surface area contributed by atoms with Gasteiger partial charge in [0.05, 0.1) is 0 Å². The monoisotopic (exact) mass is 305 g/mol. The summed E-state index contributed by atoms with van der Waals surface area (Å²) in [5.74, 6) is 0.129. The maximum absolute atomic E-state index is 12.0. The van der Waals surface area contributed by atoms with Crippen molar-refractivity contribution >= 4 is 33.3 Å². The highest BCUT2D eigenvalue weighted by atomic mass is 79.9. The van der Waals surface area contributed by atoms with Gasteiger partial charge in [-0.15, -0.1) is 0 Å². The number of pyridine rings is 1. The van der Waals surface area contributed by atoms with Gasteiger partial charge in [0.15, 0.2) is 0 Å². The van der Waals surface area contributed by atoms with Crippen LogP contribution < -0.4 is 11.1 Å². The van der Waals surface area contributed by atoms with Gasteiger partial charge in [0.25, 0.3) is 5.91 Å². The van der Waals surface area contributed by atoms with Crippen LogP contribution in [0, 0.1) is 6.92 Å². The molecule has 0 aliphatic heterocycles. The van der Waals surface area contributed by atoms with Crippen LogP contribution in [0.4, 0.5) is 11.5 Å². The smallest absolute Gasteiger partial charge is 0.255 e. The predicted octanol–water partition coefficient (Wildman–Crippen LogP) is 2.99. The minimum atomic E-state index is -0.200. The number of hydrogen-bond donors (Lipinski definition) is 2. The Labute approximate surface area is 113 Å². The molecule has 1 heterocycles. The second-order valence-corrected chi connectivity index (χ2v) is 4.80. The molecule has 18 heavy (non-hydrogen) atoms. The fourth-order valence-corrected chi connectivity index (χ4v) is 2.03. The van der Waals surface area contributed by atoms with E-state index >= 15 is 0 Å². The van der Waals surface area contributed by atoms with E-state index in [0.29, 0.717) is 11.4 Å². The fraction of sp³-hybridized carbons (Fsp3) is 0.0769. The van der Waals surface area contributed by atoms with Crippen molar-refractivity contribution in [2.24, 2.45) is 0 Å². The Bertz CT molecular complexity index is 599. The molecule has 0 saturated heterocycles. The van der Waals surface area contributed by atoms with Crippen molar-refractivity contribution in [2.75, 3.05) is 11.1 Å². The highest BCUT2D eigenvalue weighted by molar-refractivity contribution is 9.10. The van der Waals surface area contributed by atoms with Crippen molar-refractivity contribution in [2.45, 2.75) is 6.92 Å². The average molecular weight is 306 g/mol. The third kappa shape index (κ3) is 2.87. The molecule has 5 heteroatoms. The van der Waals surface area contributed by atoms with Gasteiger partial charge in [0.1, 0.15) is 5.82 Å². The van der Waals surface area contributed by atoms with Gasteiger partial charge in [-0.05, 0) is 42.8 Å². The van der Waals surface area contributed by atoms with Crippen LogP contribution in [-0.4, -0.2) is 10.9 Å². The Kier molecular flexibility index (Phi) is 3.62. The predicted molar refractivity (Wildman–Crippen MR) is 75.5 cm³/mol. The highest BCUT2D eigenvalue weighted by Crippen LogP contribution is 2.20. The molecular formula is C13H12BrN3O. The Morgan fingerprint density at radius 2 is 2.11 bits per heavy atom. The molecule has 4 nitrogen and oxygen atoms in total. The summed E-state index contributed by atoms with van der Waals surface area (Å²) in [5, 5.41) is 2.84. The number of nitrogen functional groups attached to an aromatic ring is 1. The Morgan fingerprint density at radius 3 is 2.78 bits per heavy atom. The lowest BCUT2D eigenvalue weighted by Gasteiger charge is -2.08. The second kappa shape index (κ2) is 5.18. The normalized spacial score (nSPS) is 10.1. The molecule has 1 amide bonds. The lowest BCUT2D eigenvalue weighted by Crippen LogP contribution is -2.13. The van der Waals surface area contributed by atoms with Crippen LogP contribution in [0.3, 0.4) is 0 Å². The first kappa shape index (κ1) is 12.6. The number of amides is 1. The molecule has 0 fully saturated rings. The van der Waals surface area contributed by atoms with E-state index in [1.54, 1.807) is 12.1 Å². The van der Waals surface area contributed by atoms with Crippen LogP contribution in [0.15, 0.2) is 41.0 Å². The minimum Gasteiger partial charge on any atom is -0.384 e. The summed E-state index contributed by atoms with van der Waals surface area (Å²) >= 11 is 3.38. The first-order valence-electron chi connectivity index (χ1n) is 5.35. The van der Waals surface area contributed by atoms with E-state index in [4.69, 9.17) is 5.73 Å². The number of carbonyl (C=O) groups is 1. The number of rotatable bonds is 2. The van der Waals surface area contributed by atoms with Crippen LogP contribution in [0.2, 0.25) is 0 Å². The number of nitrogens with zero attached hydrogens (tertiary/aromatic N) is 1. The van der Waals surface area contributed by atoms with Gasteiger partial charge in [-0.25, -0.2) is 4.98 Å². The minimum absolute atomic E-state index is 0.200. The van der Waals surface area contributed by atoms with E-state index in [1.807, 2.05) is 25.1 Å². The number of aryl methyl sites for hydroxylation is 1. The maximum Gasteiger partial charge on any atom is 0.255 e. The number of carbonyl (C=O) groups excluding carboxylic acids is 1. The zero-order valence-electron chi connectivity index (χ0n) is 9.77. The third-order valence-corrected chi connectivity index (χ3v) is 2.97. The van der Waals surface area contributed by atoms with Crippen LogP contribution in [0.5, 0.6) is 0 Å². The number of hydrogen-bond acceptors (Lipinski definition) is 3. The van der Waals surface area contributed by atoms with Crippen molar-refractivity contribution in [1.82, 2.24) is 4.98 Å². The molecule has 0 aliphatic carbocycles. The Hall–Kier alpha value is -1.88. The fourth-order valence-electron chi connectivity index (χ4n) is 1.55. The van der Waals surface area contributed by atoms with Gasteiger partial charge in [0.2, 0.25) is 0 Å². The summed E-state index contributed by atoms with van der Waals surface area (Å²) < 4.78 is 0.978. The molecule has 0 aliphatic rings. The zero-order valence-corrected chi connectivity index (χ0v) is 11.4. The van der Waals surface area contributed by atoms with Crippen molar-refractivity contribution in [1.29, 1.82) is 0 Å². The molecule has 0 bridgehead atoms. The molecule has 2 aromatic rings. The molecule has 92 valence electrons. The largest absolute Gasteiger partial charge is 0.384 e. The van der Waals surface area contributed by atoms with Gasteiger partial charge >= 0.3 is 0 Å². The molecule has 1 aromatic carbocycles. The second-order valence-electron chi connectivity index (χ2n) is 3.88. The third-order valence-electron chi connectivity index (χ3n) is 2.48. The van der Waals surface area contributed by atoms with Gasteiger partial charge in [-0.2, -0.15) is 0 Å². The first-order chi connectivity index (χ1) is 8.56. The van der Waals surface area contributed by atoms with E-state index < -0.39 is 0 Å². The molecule has 0 radical (unpaired) electrons. The zero-order chi connectivity index (χ0) is 13.1. The quantitative estimate of drug-likeness (QED) is 0.896. The van der Waals surface area contributed by atoms with E-state index in [-0.39, 0.29) is 5.91 Å². The molecule has 0 spiro atoms. The lowest BCUT2D eigenvalue weighted by molar-refractivity contribution is 0.102. The lowest BCUT2D eigenvalue weighted by atomic mass is 10.2. The van der Waals surface area contributed by atoms with Crippen molar-refractivity contribution in [3.05, 3.63) is 52.1 Å². The van der Waals surface area contributed by atoms with Crippen LogP contribution in [-0.2, 0) is 0 Å². The summed E-state index contributed by atoms with van der Waals surface area (Å²) in [6, 6.07) is 8.84. The molecule has 1 aromatic heterocycles. The molecule has 2 rings (SSSR count). The molecule has 0 atom stereocenters. The van der Waals surface area contributed by atoms with Gasteiger partial charge < -0.3 is 11.1 Å². The number of aromatic nitrogens is 1. The average Bonchev–Trinajstić information content (AvgIpc) is 2.32. The number of nitrogens with one attached hydrogen (secondary N) is 1. The summed E-state index contributed by atoms with van der Waals surface area (Å²) in [6.07, 6.45) is 1.51. The van der Waals surface area contributed by atoms with Gasteiger partial charge in [-0.1, -0.05) is 15.9 Å². The van der Waals surface area contributed by atoms with Crippen LogP contribution in [0.1, 0.15) is 15.9 Å². The van der Waals surface area contributed by atoms with E-state index in [2.05, 4.69) is 26.2 Å². The maximum atomic E-state index is 12.0. The number of anilines is 2.